The highest BCUT2D eigenvalue weighted by Crippen LogP contribution is 2.39. The molecule has 0 aliphatic heterocycles. The van der Waals surface area contributed by atoms with Gasteiger partial charge >= 0.3 is 0 Å². The van der Waals surface area contributed by atoms with Gasteiger partial charge in [0.1, 0.15) is 0 Å². The van der Waals surface area contributed by atoms with Crippen LogP contribution in [0, 0.1) is 10.7 Å². The van der Waals surface area contributed by atoms with Crippen LogP contribution in [0.1, 0.15) is 38.6 Å². The van der Waals surface area contributed by atoms with Gasteiger partial charge in [0.05, 0.1) is 16.1 Å². The summed E-state index contributed by atoms with van der Waals surface area (Å²) in [6.45, 7) is 2.23. The average molecular weight is 281 g/mol. The number of rotatable bonds is 4. The maximum atomic E-state index is 6.34. The molecular weight excluding hydrogens is 264 g/mol. The second kappa shape index (κ2) is 4.71. The van der Waals surface area contributed by atoms with Crippen molar-refractivity contribution in [2.24, 2.45) is 5.92 Å². The number of para-hydroxylation sites is 1. The average Bonchev–Trinajstić information content (AvgIpc) is 3.09. The summed E-state index contributed by atoms with van der Waals surface area (Å²) in [6, 6.07) is 6.41. The number of hydrogen-bond donors (Lipinski definition) is 1. The molecule has 0 bridgehead atoms. The van der Waals surface area contributed by atoms with Gasteiger partial charge in [-0.15, -0.1) is 0 Å². The molecule has 3 rings (SSSR count). The van der Waals surface area contributed by atoms with Crippen molar-refractivity contribution >= 4 is 34.9 Å². The molecule has 1 unspecified atom stereocenters. The van der Waals surface area contributed by atoms with Crippen LogP contribution < -0.4 is 0 Å². The van der Waals surface area contributed by atoms with Crippen molar-refractivity contribution < 1.29 is 0 Å². The zero-order valence-electron chi connectivity index (χ0n) is 10.4. The number of H-pyrrole nitrogens is 1. The van der Waals surface area contributed by atoms with Crippen molar-refractivity contribution in [3.05, 3.63) is 28.0 Å². The number of nitrogens with one attached hydrogen (secondary N) is 1. The Morgan fingerprint density at radius 2 is 2.28 bits per heavy atom. The van der Waals surface area contributed by atoms with Crippen molar-refractivity contribution in [3.63, 3.8) is 0 Å². The lowest BCUT2D eigenvalue weighted by atomic mass is 10.1. The van der Waals surface area contributed by atoms with Crippen molar-refractivity contribution in [2.45, 2.75) is 38.6 Å². The van der Waals surface area contributed by atoms with E-state index in [1.54, 1.807) is 0 Å². The topological polar surface area (TPSA) is 20.7 Å². The first-order chi connectivity index (χ1) is 8.70. The molecule has 1 aromatic carbocycles. The molecule has 1 aromatic heterocycles. The quantitative estimate of drug-likeness (QED) is 0.773. The Morgan fingerprint density at radius 3 is 2.94 bits per heavy atom. The van der Waals surface area contributed by atoms with E-state index >= 15 is 0 Å². The van der Waals surface area contributed by atoms with Crippen LogP contribution in [0.3, 0.4) is 0 Å². The van der Waals surface area contributed by atoms with Crippen LogP contribution in [-0.2, 0) is 0 Å². The third-order valence-electron chi connectivity index (χ3n) is 3.83. The number of aromatic amines is 1. The van der Waals surface area contributed by atoms with Gasteiger partial charge in [-0.1, -0.05) is 37.4 Å². The minimum absolute atomic E-state index is 0.471. The lowest BCUT2D eigenvalue weighted by Gasteiger charge is -2.18. The lowest BCUT2D eigenvalue weighted by Crippen LogP contribution is -2.09. The van der Waals surface area contributed by atoms with Gasteiger partial charge in [0.25, 0.3) is 0 Å². The van der Waals surface area contributed by atoms with Crippen LogP contribution in [0.5, 0.6) is 0 Å². The second-order valence-electron chi connectivity index (χ2n) is 5.18. The molecule has 0 saturated heterocycles. The molecule has 0 radical (unpaired) electrons. The van der Waals surface area contributed by atoms with Crippen LogP contribution in [-0.4, -0.2) is 9.55 Å². The predicted molar refractivity (Wildman–Crippen MR) is 78.8 cm³/mol. The number of nitrogens with zero attached hydrogens (tertiary/aromatic N) is 1. The number of hydrogen-bond acceptors (Lipinski definition) is 1. The van der Waals surface area contributed by atoms with Crippen LogP contribution in [0.25, 0.3) is 11.0 Å². The molecule has 2 nitrogen and oxygen atoms in total. The van der Waals surface area contributed by atoms with E-state index in [0.29, 0.717) is 6.04 Å². The Labute approximate surface area is 117 Å². The van der Waals surface area contributed by atoms with Crippen molar-refractivity contribution in [1.82, 2.24) is 9.55 Å². The first-order valence-corrected chi connectivity index (χ1v) is 7.38. The van der Waals surface area contributed by atoms with Crippen molar-refractivity contribution in [3.8, 4) is 0 Å². The number of aromatic nitrogens is 2. The molecule has 1 heterocycles. The van der Waals surface area contributed by atoms with Gasteiger partial charge < -0.3 is 9.55 Å². The van der Waals surface area contributed by atoms with Gasteiger partial charge in [-0.3, -0.25) is 0 Å². The summed E-state index contributed by atoms with van der Waals surface area (Å²) in [7, 11) is 0. The largest absolute Gasteiger partial charge is 0.331 e. The van der Waals surface area contributed by atoms with Gasteiger partial charge in [0, 0.05) is 6.04 Å². The highest BCUT2D eigenvalue weighted by Gasteiger charge is 2.26. The summed E-state index contributed by atoms with van der Waals surface area (Å²) in [5, 5.41) is 0.786. The molecule has 2 aromatic rings. The SMILES string of the molecule is CCC(CC1CC1)n1c(=S)[nH]c2cccc(Cl)c21. The van der Waals surface area contributed by atoms with E-state index in [9.17, 15) is 0 Å². The first kappa shape index (κ1) is 12.2. The fraction of sp³-hybridized carbons (Fsp3) is 0.500. The summed E-state index contributed by atoms with van der Waals surface area (Å²) < 4.78 is 3.02. The maximum absolute atomic E-state index is 6.34. The van der Waals surface area contributed by atoms with E-state index in [4.69, 9.17) is 23.8 Å². The highest BCUT2D eigenvalue weighted by atomic mass is 35.5. The summed E-state index contributed by atoms with van der Waals surface area (Å²) in [6.07, 6.45) is 5.08. The van der Waals surface area contributed by atoms with Gasteiger partial charge in [0.15, 0.2) is 4.77 Å². The zero-order valence-corrected chi connectivity index (χ0v) is 12.0. The summed E-state index contributed by atoms with van der Waals surface area (Å²) in [4.78, 5) is 3.27. The molecule has 4 heteroatoms. The molecule has 18 heavy (non-hydrogen) atoms. The number of fused-ring (bicyclic) bond motifs is 1. The Hall–Kier alpha value is -0.800. The number of imidazole rings is 1. The second-order valence-corrected chi connectivity index (χ2v) is 5.97. The normalized spacial score (nSPS) is 17.2. The molecule has 1 atom stereocenters. The van der Waals surface area contributed by atoms with Crippen LogP contribution in [0.2, 0.25) is 5.02 Å². The third-order valence-corrected chi connectivity index (χ3v) is 4.43. The van der Waals surface area contributed by atoms with Crippen LogP contribution in [0.15, 0.2) is 18.2 Å². The van der Waals surface area contributed by atoms with E-state index in [0.717, 1.165) is 33.2 Å². The zero-order chi connectivity index (χ0) is 12.7. The van der Waals surface area contributed by atoms with Crippen LogP contribution >= 0.6 is 23.8 Å². The Bertz CT molecular complexity index is 624. The molecule has 0 amide bonds. The first-order valence-electron chi connectivity index (χ1n) is 6.59. The van der Waals surface area contributed by atoms with Crippen LogP contribution in [0.4, 0.5) is 0 Å². The Morgan fingerprint density at radius 1 is 1.50 bits per heavy atom. The maximum Gasteiger partial charge on any atom is 0.178 e. The number of benzene rings is 1. The van der Waals surface area contributed by atoms with E-state index in [2.05, 4.69) is 16.5 Å². The van der Waals surface area contributed by atoms with E-state index in [1.807, 2.05) is 18.2 Å². The number of halogens is 1. The smallest absolute Gasteiger partial charge is 0.178 e. The van der Waals surface area contributed by atoms with Crippen molar-refractivity contribution in [1.29, 1.82) is 0 Å². The minimum atomic E-state index is 0.471. The third kappa shape index (κ3) is 2.10. The molecular formula is C14H17ClN2S. The lowest BCUT2D eigenvalue weighted by molar-refractivity contribution is 0.434. The van der Waals surface area contributed by atoms with E-state index in [-0.39, 0.29) is 0 Å². The van der Waals surface area contributed by atoms with E-state index < -0.39 is 0 Å². The van der Waals surface area contributed by atoms with Crippen molar-refractivity contribution in [2.75, 3.05) is 0 Å². The molecule has 96 valence electrons. The summed E-state index contributed by atoms with van der Waals surface area (Å²) in [5.74, 6) is 0.893. The predicted octanol–water partition coefficient (Wildman–Crippen LogP) is 5.10. The van der Waals surface area contributed by atoms with Gasteiger partial charge in [-0.2, -0.15) is 0 Å². The minimum Gasteiger partial charge on any atom is -0.331 e. The molecule has 1 aliphatic carbocycles. The molecule has 1 fully saturated rings. The molecule has 1 saturated carbocycles. The van der Waals surface area contributed by atoms with Gasteiger partial charge in [-0.25, -0.2) is 0 Å². The fourth-order valence-electron chi connectivity index (χ4n) is 2.68. The summed E-state index contributed by atoms with van der Waals surface area (Å²) in [5.41, 5.74) is 2.11. The molecule has 1 aliphatic rings. The standard InChI is InChI=1S/C14H17ClN2S/c1-2-10(8-9-6-7-9)17-13-11(15)4-3-5-12(13)16-14(17)18/h3-5,9-10H,2,6-8H2,1H3,(H,16,18). The monoisotopic (exact) mass is 280 g/mol. The Balaban J connectivity index is 2.13. The summed E-state index contributed by atoms with van der Waals surface area (Å²) >= 11 is 11.8. The van der Waals surface area contributed by atoms with Gasteiger partial charge in [0.2, 0.25) is 0 Å². The van der Waals surface area contributed by atoms with Gasteiger partial charge in [-0.05, 0) is 43.1 Å². The molecule has 1 N–H and O–H groups in total. The van der Waals surface area contributed by atoms with E-state index in [1.165, 1.54) is 19.3 Å². The Kier molecular flexibility index (Phi) is 3.20. The molecule has 0 spiro atoms. The highest BCUT2D eigenvalue weighted by molar-refractivity contribution is 7.71. The fourth-order valence-corrected chi connectivity index (χ4v) is 3.30.